The number of hydrogen-bond donors (Lipinski definition) is 1. The lowest BCUT2D eigenvalue weighted by Gasteiger charge is -2.48. The molecule has 0 aliphatic carbocycles. The molecule has 0 atom stereocenters. The van der Waals surface area contributed by atoms with E-state index in [1.165, 1.54) is 13.8 Å². The van der Waals surface area contributed by atoms with Gasteiger partial charge in [0.1, 0.15) is 0 Å². The van der Waals surface area contributed by atoms with Crippen LogP contribution in [0.1, 0.15) is 60.3 Å². The minimum absolute atomic E-state index is 0.332. The fraction of sp³-hybridized carbons (Fsp3) is 0.929. The van der Waals surface area contributed by atoms with Crippen LogP contribution in [-0.4, -0.2) is 22.9 Å². The maximum Gasteiger partial charge on any atom is 0.404 e. The van der Waals surface area contributed by atoms with Crippen LogP contribution in [0.25, 0.3) is 0 Å². The van der Waals surface area contributed by atoms with Crippen LogP contribution < -0.4 is 0 Å². The number of hydrogen-bond acceptors (Lipinski definition) is 1. The SMILES string of the molecule is CCCCCC(C)(C)C(C)(C)C(F)(F)C(F)(F)C(=O)O. The van der Waals surface area contributed by atoms with Crippen LogP contribution in [0.5, 0.6) is 0 Å². The minimum atomic E-state index is -5.08. The normalized spacial score (nSPS) is 14.4. The van der Waals surface area contributed by atoms with E-state index in [0.717, 1.165) is 26.7 Å². The average Bonchev–Trinajstić information content (AvgIpc) is 2.28. The molecule has 0 unspecified atom stereocenters. The van der Waals surface area contributed by atoms with Crippen molar-refractivity contribution in [3.63, 3.8) is 0 Å². The van der Waals surface area contributed by atoms with Gasteiger partial charge in [-0.1, -0.05) is 53.9 Å². The molecule has 0 aromatic carbocycles. The van der Waals surface area contributed by atoms with Gasteiger partial charge >= 0.3 is 17.8 Å². The highest BCUT2D eigenvalue weighted by Gasteiger charge is 2.72. The number of unbranched alkanes of at least 4 members (excludes halogenated alkanes) is 2. The number of carboxylic acid groups (broad SMARTS) is 1. The monoisotopic (exact) mass is 300 g/mol. The van der Waals surface area contributed by atoms with Crippen molar-refractivity contribution in [1.29, 1.82) is 0 Å². The summed E-state index contributed by atoms with van der Waals surface area (Å²) in [5, 5.41) is 8.39. The van der Waals surface area contributed by atoms with E-state index in [1.54, 1.807) is 0 Å². The highest BCUT2D eigenvalue weighted by molar-refractivity contribution is 5.77. The molecule has 0 amide bonds. The lowest BCUT2D eigenvalue weighted by atomic mass is 9.61. The lowest BCUT2D eigenvalue weighted by Crippen LogP contribution is -2.60. The smallest absolute Gasteiger partial charge is 0.404 e. The van der Waals surface area contributed by atoms with Gasteiger partial charge in [0.05, 0.1) is 0 Å². The van der Waals surface area contributed by atoms with Crippen LogP contribution in [0, 0.1) is 10.8 Å². The van der Waals surface area contributed by atoms with E-state index >= 15 is 0 Å². The molecule has 0 aliphatic heterocycles. The Balaban J connectivity index is 5.43. The Kier molecular flexibility index (Phi) is 5.66. The summed E-state index contributed by atoms with van der Waals surface area (Å²) in [6, 6.07) is 0. The number of alkyl halides is 4. The second-order valence-corrected chi connectivity index (χ2v) is 6.42. The second kappa shape index (κ2) is 5.90. The Bertz CT molecular complexity index is 349. The summed E-state index contributed by atoms with van der Waals surface area (Å²) in [5.41, 5.74) is -3.28. The van der Waals surface area contributed by atoms with Crippen LogP contribution in [-0.2, 0) is 4.79 Å². The van der Waals surface area contributed by atoms with E-state index < -0.39 is 28.6 Å². The molecule has 0 spiro atoms. The second-order valence-electron chi connectivity index (χ2n) is 6.42. The molecule has 0 saturated carbocycles. The third kappa shape index (κ3) is 3.09. The van der Waals surface area contributed by atoms with Gasteiger partial charge < -0.3 is 5.11 Å². The first-order valence-electron chi connectivity index (χ1n) is 6.74. The largest absolute Gasteiger partial charge is 0.477 e. The minimum Gasteiger partial charge on any atom is -0.477 e. The molecule has 0 aliphatic rings. The van der Waals surface area contributed by atoms with Crippen LogP contribution in [0.4, 0.5) is 17.6 Å². The first-order chi connectivity index (χ1) is 8.75. The van der Waals surface area contributed by atoms with Gasteiger partial charge in [-0.3, -0.25) is 0 Å². The van der Waals surface area contributed by atoms with E-state index in [-0.39, 0.29) is 0 Å². The summed E-state index contributed by atoms with van der Waals surface area (Å²) in [6.45, 7) is 6.93. The van der Waals surface area contributed by atoms with Gasteiger partial charge in [-0.15, -0.1) is 0 Å². The van der Waals surface area contributed by atoms with Crippen molar-refractivity contribution < 1.29 is 27.5 Å². The molecule has 0 fully saturated rings. The van der Waals surface area contributed by atoms with E-state index in [9.17, 15) is 22.4 Å². The molecule has 0 heterocycles. The van der Waals surface area contributed by atoms with Gasteiger partial charge in [0.15, 0.2) is 0 Å². The average molecular weight is 300 g/mol. The van der Waals surface area contributed by atoms with Crippen molar-refractivity contribution in [1.82, 2.24) is 0 Å². The Labute approximate surface area is 117 Å². The fourth-order valence-corrected chi connectivity index (χ4v) is 2.08. The maximum absolute atomic E-state index is 14.1. The molecule has 1 N–H and O–H groups in total. The quantitative estimate of drug-likeness (QED) is 0.507. The fourth-order valence-electron chi connectivity index (χ4n) is 2.08. The lowest BCUT2D eigenvalue weighted by molar-refractivity contribution is -0.281. The predicted octanol–water partition coefficient (Wildman–Crippen LogP) is 4.97. The van der Waals surface area contributed by atoms with Gasteiger partial charge in [-0.2, -0.15) is 17.6 Å². The van der Waals surface area contributed by atoms with Crippen molar-refractivity contribution >= 4 is 5.97 Å². The molecule has 0 aromatic heterocycles. The molecule has 120 valence electrons. The van der Waals surface area contributed by atoms with Gasteiger partial charge in [-0.25, -0.2) is 4.79 Å². The van der Waals surface area contributed by atoms with Crippen molar-refractivity contribution in [3.05, 3.63) is 0 Å². The Morgan fingerprint density at radius 2 is 1.45 bits per heavy atom. The van der Waals surface area contributed by atoms with E-state index in [1.807, 2.05) is 6.92 Å². The zero-order chi connectivity index (χ0) is 16.4. The molecule has 6 heteroatoms. The zero-order valence-corrected chi connectivity index (χ0v) is 12.7. The summed E-state index contributed by atoms with van der Waals surface area (Å²) in [6.07, 6.45) is 2.68. The summed E-state index contributed by atoms with van der Waals surface area (Å²) >= 11 is 0. The molecule has 0 radical (unpaired) electrons. The molecule has 0 bridgehead atoms. The first-order valence-corrected chi connectivity index (χ1v) is 6.74. The van der Waals surface area contributed by atoms with Crippen molar-refractivity contribution in [2.75, 3.05) is 0 Å². The Hall–Kier alpha value is -0.810. The maximum atomic E-state index is 14.1. The van der Waals surface area contributed by atoms with E-state index in [0.29, 0.717) is 12.8 Å². The van der Waals surface area contributed by atoms with Gasteiger partial charge in [-0.05, 0) is 11.8 Å². The standard InChI is InChI=1S/C14H24F4O2/c1-6-7-8-9-11(2,3)12(4,5)14(17,18)13(15,16)10(19)20/h6-9H2,1-5H3,(H,19,20). The van der Waals surface area contributed by atoms with Gasteiger partial charge in [0.25, 0.3) is 0 Å². The molecule has 20 heavy (non-hydrogen) atoms. The van der Waals surface area contributed by atoms with Crippen molar-refractivity contribution in [3.8, 4) is 0 Å². The number of rotatable bonds is 8. The number of carbonyl (C=O) groups is 1. The summed E-state index contributed by atoms with van der Waals surface area (Å²) in [7, 11) is 0. The van der Waals surface area contributed by atoms with E-state index in [4.69, 9.17) is 5.11 Å². The summed E-state index contributed by atoms with van der Waals surface area (Å²) in [4.78, 5) is 10.5. The number of halogens is 4. The molecule has 2 nitrogen and oxygen atoms in total. The molecular weight excluding hydrogens is 276 g/mol. The third-order valence-electron chi connectivity index (χ3n) is 4.55. The highest BCUT2D eigenvalue weighted by Crippen LogP contribution is 2.57. The van der Waals surface area contributed by atoms with Crippen molar-refractivity contribution in [2.24, 2.45) is 10.8 Å². The molecular formula is C14H24F4O2. The predicted molar refractivity (Wildman–Crippen MR) is 69.2 cm³/mol. The highest BCUT2D eigenvalue weighted by atomic mass is 19.3. The molecule has 0 saturated heterocycles. The number of carboxylic acids is 1. The van der Waals surface area contributed by atoms with Crippen LogP contribution in [0.2, 0.25) is 0 Å². The van der Waals surface area contributed by atoms with E-state index in [2.05, 4.69) is 0 Å². The summed E-state index contributed by atoms with van der Waals surface area (Å²) in [5.74, 6) is -12.5. The zero-order valence-electron chi connectivity index (χ0n) is 12.7. The van der Waals surface area contributed by atoms with Crippen molar-refractivity contribution in [2.45, 2.75) is 72.1 Å². The van der Waals surface area contributed by atoms with Gasteiger partial charge in [0.2, 0.25) is 0 Å². The van der Waals surface area contributed by atoms with Crippen LogP contribution >= 0.6 is 0 Å². The summed E-state index contributed by atoms with van der Waals surface area (Å²) < 4.78 is 55.0. The van der Waals surface area contributed by atoms with Crippen LogP contribution in [0.3, 0.4) is 0 Å². The molecule has 0 aromatic rings. The van der Waals surface area contributed by atoms with Crippen LogP contribution in [0.15, 0.2) is 0 Å². The molecule has 0 rings (SSSR count). The topological polar surface area (TPSA) is 37.3 Å². The Morgan fingerprint density at radius 3 is 1.80 bits per heavy atom. The third-order valence-corrected chi connectivity index (χ3v) is 4.55. The number of aliphatic carboxylic acids is 1. The van der Waals surface area contributed by atoms with Gasteiger partial charge in [0, 0.05) is 5.41 Å². The Morgan fingerprint density at radius 1 is 1.00 bits per heavy atom. The first kappa shape index (κ1) is 19.2.